The Labute approximate surface area is 205 Å². The molecule has 7 nitrogen and oxygen atoms in total. The fraction of sp³-hybridized carbons (Fsp3) is 0.520. The molecule has 1 saturated carbocycles. The van der Waals surface area contributed by atoms with E-state index in [4.69, 9.17) is 4.74 Å². The number of aromatic nitrogens is 3. The van der Waals surface area contributed by atoms with Crippen LogP contribution in [0.25, 0.3) is 11.0 Å². The summed E-state index contributed by atoms with van der Waals surface area (Å²) in [7, 11) is 0. The van der Waals surface area contributed by atoms with Gasteiger partial charge in [-0.15, -0.1) is 0 Å². The van der Waals surface area contributed by atoms with Gasteiger partial charge in [-0.3, -0.25) is 4.98 Å². The van der Waals surface area contributed by atoms with Gasteiger partial charge in [0.05, 0.1) is 40.3 Å². The number of nitrogens with one attached hydrogen (secondary N) is 1. The van der Waals surface area contributed by atoms with Crippen LogP contribution in [0.15, 0.2) is 36.9 Å². The topological polar surface area (TPSA) is 92.4 Å². The van der Waals surface area contributed by atoms with E-state index in [0.717, 1.165) is 12.3 Å². The van der Waals surface area contributed by atoms with Gasteiger partial charge in [-0.05, 0) is 51.7 Å². The highest BCUT2D eigenvalue weighted by atomic mass is 19.4. The maximum atomic E-state index is 14.0. The maximum absolute atomic E-state index is 14.0. The molecule has 3 heterocycles. The first-order valence-electron chi connectivity index (χ1n) is 11.9. The molecule has 3 unspecified atom stereocenters. The van der Waals surface area contributed by atoms with Crippen molar-refractivity contribution < 1.29 is 32.5 Å². The highest BCUT2D eigenvalue weighted by Gasteiger charge is 2.43. The first kappa shape index (κ1) is 24.9. The molecule has 1 aliphatic heterocycles. The molecule has 3 aromatic rings. The number of benzene rings is 1. The van der Waals surface area contributed by atoms with Gasteiger partial charge in [0.15, 0.2) is 0 Å². The Kier molecular flexibility index (Phi) is 6.00. The van der Waals surface area contributed by atoms with Crippen LogP contribution >= 0.6 is 0 Å². The molecule has 2 fully saturated rings. The summed E-state index contributed by atoms with van der Waals surface area (Å²) in [6, 6.07) is 2.86. The molecule has 11 heteroatoms. The molecule has 5 rings (SSSR count). The fourth-order valence-corrected chi connectivity index (χ4v) is 5.60. The van der Waals surface area contributed by atoms with E-state index in [9.17, 15) is 27.8 Å². The van der Waals surface area contributed by atoms with Crippen LogP contribution in [0.2, 0.25) is 0 Å². The summed E-state index contributed by atoms with van der Waals surface area (Å²) in [6.07, 6.45) is 0.413. The lowest BCUT2D eigenvalue weighted by Gasteiger charge is -2.42. The molecule has 3 N–H and O–H groups in total. The number of fused-ring (bicyclic) bond motifs is 1. The SMILES string of the molecule is CC1CC(O)(c2cncc(F)c2)CC(COc2cc(C(F)(F)F)c3c(c2)ncn3C2CC(C)(O)C2)N1. The molecule has 3 atom stereocenters. The number of nitrogens with zero attached hydrogens (tertiary/aromatic N) is 3. The molecule has 1 aliphatic carbocycles. The number of aliphatic hydroxyl groups is 2. The van der Waals surface area contributed by atoms with Crippen LogP contribution in [0, 0.1) is 5.82 Å². The number of piperidine rings is 1. The van der Waals surface area contributed by atoms with Gasteiger partial charge in [0.1, 0.15) is 18.2 Å². The van der Waals surface area contributed by atoms with Gasteiger partial charge in [0.25, 0.3) is 0 Å². The minimum Gasteiger partial charge on any atom is -0.492 e. The molecule has 194 valence electrons. The minimum absolute atomic E-state index is 0.00953. The monoisotopic (exact) mass is 508 g/mol. The summed E-state index contributed by atoms with van der Waals surface area (Å²) in [4.78, 5) is 8.01. The Bertz CT molecular complexity index is 1270. The van der Waals surface area contributed by atoms with E-state index in [1.165, 1.54) is 29.2 Å². The molecule has 2 aliphatic rings. The summed E-state index contributed by atoms with van der Waals surface area (Å²) < 4.78 is 63.1. The lowest BCUT2D eigenvalue weighted by Crippen LogP contribution is -2.53. The third kappa shape index (κ3) is 4.79. The average Bonchev–Trinajstić information content (AvgIpc) is 3.18. The summed E-state index contributed by atoms with van der Waals surface area (Å²) in [6.45, 7) is 3.51. The fourth-order valence-electron chi connectivity index (χ4n) is 5.60. The van der Waals surface area contributed by atoms with Crippen molar-refractivity contribution in [3.05, 3.63) is 53.9 Å². The molecule has 1 saturated heterocycles. The molecule has 2 aromatic heterocycles. The molecular weight excluding hydrogens is 480 g/mol. The number of hydrogen-bond acceptors (Lipinski definition) is 6. The number of halogens is 4. The van der Waals surface area contributed by atoms with E-state index >= 15 is 0 Å². The van der Waals surface area contributed by atoms with Crippen molar-refractivity contribution >= 4 is 11.0 Å². The molecular formula is C25H28F4N4O3. The van der Waals surface area contributed by atoms with Gasteiger partial charge in [0.2, 0.25) is 0 Å². The summed E-state index contributed by atoms with van der Waals surface area (Å²) >= 11 is 0. The Morgan fingerprint density at radius 3 is 2.56 bits per heavy atom. The maximum Gasteiger partial charge on any atom is 0.418 e. The Balaban J connectivity index is 1.38. The van der Waals surface area contributed by atoms with Crippen molar-refractivity contribution in [1.82, 2.24) is 19.9 Å². The second-order valence-electron chi connectivity index (χ2n) is 10.5. The van der Waals surface area contributed by atoms with E-state index in [1.807, 2.05) is 6.92 Å². The largest absolute Gasteiger partial charge is 0.492 e. The number of imidazole rings is 1. The molecule has 0 spiro atoms. The first-order chi connectivity index (χ1) is 16.8. The second-order valence-corrected chi connectivity index (χ2v) is 10.5. The normalized spacial score (nSPS) is 30.8. The van der Waals surface area contributed by atoms with Crippen LogP contribution in [0.4, 0.5) is 17.6 Å². The van der Waals surface area contributed by atoms with Gasteiger partial charge < -0.3 is 24.8 Å². The van der Waals surface area contributed by atoms with Crippen molar-refractivity contribution in [2.45, 2.75) is 75.0 Å². The zero-order valence-electron chi connectivity index (χ0n) is 19.9. The van der Waals surface area contributed by atoms with E-state index in [0.29, 0.717) is 24.8 Å². The van der Waals surface area contributed by atoms with Gasteiger partial charge >= 0.3 is 6.18 Å². The predicted octanol–water partition coefficient (Wildman–Crippen LogP) is 4.08. The summed E-state index contributed by atoms with van der Waals surface area (Å²) in [5, 5.41) is 24.6. The minimum atomic E-state index is -4.64. The number of ether oxygens (including phenoxy) is 1. The smallest absolute Gasteiger partial charge is 0.418 e. The highest BCUT2D eigenvalue weighted by Crippen LogP contribution is 2.45. The molecule has 0 bridgehead atoms. The second kappa shape index (κ2) is 8.67. The van der Waals surface area contributed by atoms with Crippen LogP contribution in [0.3, 0.4) is 0 Å². The van der Waals surface area contributed by atoms with Crippen molar-refractivity contribution in [2.24, 2.45) is 0 Å². The quantitative estimate of drug-likeness (QED) is 0.450. The summed E-state index contributed by atoms with van der Waals surface area (Å²) in [5.41, 5.74) is -2.63. The number of rotatable bonds is 5. The Hall–Kier alpha value is -2.76. The predicted molar refractivity (Wildman–Crippen MR) is 123 cm³/mol. The molecule has 0 radical (unpaired) electrons. The zero-order valence-corrected chi connectivity index (χ0v) is 19.9. The van der Waals surface area contributed by atoms with Crippen molar-refractivity contribution in [3.63, 3.8) is 0 Å². The van der Waals surface area contributed by atoms with Crippen LogP contribution < -0.4 is 10.1 Å². The Morgan fingerprint density at radius 1 is 1.14 bits per heavy atom. The van der Waals surface area contributed by atoms with Crippen LogP contribution in [0.1, 0.15) is 56.7 Å². The highest BCUT2D eigenvalue weighted by molar-refractivity contribution is 5.82. The van der Waals surface area contributed by atoms with Crippen LogP contribution in [-0.2, 0) is 11.8 Å². The molecule has 0 amide bonds. The van der Waals surface area contributed by atoms with Crippen LogP contribution in [-0.4, -0.2) is 49.0 Å². The number of alkyl halides is 3. The third-order valence-corrected chi connectivity index (χ3v) is 7.13. The first-order valence-corrected chi connectivity index (χ1v) is 11.9. The van der Waals surface area contributed by atoms with Gasteiger partial charge in [-0.2, -0.15) is 13.2 Å². The van der Waals surface area contributed by atoms with Crippen molar-refractivity contribution in [2.75, 3.05) is 6.61 Å². The van der Waals surface area contributed by atoms with Crippen LogP contribution in [0.5, 0.6) is 5.75 Å². The van der Waals surface area contributed by atoms with Crippen molar-refractivity contribution in [1.29, 1.82) is 0 Å². The Morgan fingerprint density at radius 2 is 1.89 bits per heavy atom. The van der Waals surface area contributed by atoms with E-state index in [2.05, 4.69) is 15.3 Å². The average molecular weight is 509 g/mol. The summed E-state index contributed by atoms with van der Waals surface area (Å²) in [5.74, 6) is -0.547. The van der Waals surface area contributed by atoms with Gasteiger partial charge in [-0.1, -0.05) is 0 Å². The zero-order chi connectivity index (χ0) is 25.9. The molecule has 1 aromatic carbocycles. The van der Waals surface area contributed by atoms with E-state index < -0.39 is 34.8 Å². The van der Waals surface area contributed by atoms with Crippen molar-refractivity contribution in [3.8, 4) is 5.75 Å². The van der Waals surface area contributed by atoms with Gasteiger partial charge in [0, 0.05) is 36.0 Å². The third-order valence-electron chi connectivity index (χ3n) is 7.13. The standard InChI is InChI=1S/C25H28F4N4O3/c1-14-6-24(35,15-3-16(26)11-30-10-15)7-17(32-14)12-36-19-4-20(25(27,28)29)22-21(5-19)31-13-33(22)18-8-23(2,34)9-18/h3-5,10-11,13-14,17-18,32,34-35H,6-9,12H2,1-2H3. The van der Waals surface area contributed by atoms with E-state index in [-0.39, 0.29) is 41.9 Å². The number of hydrogen-bond donors (Lipinski definition) is 3. The van der Waals surface area contributed by atoms with Gasteiger partial charge in [-0.25, -0.2) is 9.37 Å². The lowest BCUT2D eigenvalue weighted by atomic mass is 9.77. The van der Waals surface area contributed by atoms with E-state index in [1.54, 1.807) is 6.92 Å². The lowest BCUT2D eigenvalue weighted by molar-refractivity contribution is -0.136. The molecule has 36 heavy (non-hydrogen) atoms. The number of pyridine rings is 1.